The molecule has 1 rings (SSSR count). The summed E-state index contributed by atoms with van der Waals surface area (Å²) in [5.41, 5.74) is 0.587. The number of hydrogen-bond donors (Lipinski definition) is 0. The van der Waals surface area contributed by atoms with Crippen LogP contribution >= 0.6 is 0 Å². The van der Waals surface area contributed by atoms with Crippen LogP contribution in [0.15, 0.2) is 0 Å². The van der Waals surface area contributed by atoms with Gasteiger partial charge in [0.2, 0.25) is 0 Å². The lowest BCUT2D eigenvalue weighted by atomic mass is 9.79. The van der Waals surface area contributed by atoms with Gasteiger partial charge in [0.15, 0.2) is 0 Å². The number of carbonyl (C=O) groups excluding carboxylic acids is 2. The van der Waals surface area contributed by atoms with Gasteiger partial charge in [0.05, 0.1) is 25.0 Å². The molecular formula is C26H48O4. The first-order valence-electron chi connectivity index (χ1n) is 12.2. The molecule has 0 bridgehead atoms. The monoisotopic (exact) mass is 424 g/mol. The summed E-state index contributed by atoms with van der Waals surface area (Å²) in [7, 11) is 0. The molecule has 0 aromatic rings. The SMILES string of the molecule is CC(CCCOC(=O)C1CCC(C(=O)OCCCC(C)C(C)(C)C)CC1)C(C)(C)C. The van der Waals surface area contributed by atoms with Crippen LogP contribution in [0.4, 0.5) is 0 Å². The molecule has 0 spiro atoms. The molecule has 0 radical (unpaired) electrons. The highest BCUT2D eigenvalue weighted by atomic mass is 16.5. The van der Waals surface area contributed by atoms with E-state index >= 15 is 0 Å². The van der Waals surface area contributed by atoms with Crippen molar-refractivity contribution >= 4 is 11.9 Å². The molecule has 4 nitrogen and oxygen atoms in total. The smallest absolute Gasteiger partial charge is 0.308 e. The molecule has 0 aromatic carbocycles. The molecule has 30 heavy (non-hydrogen) atoms. The quantitative estimate of drug-likeness (QED) is 0.286. The van der Waals surface area contributed by atoms with Gasteiger partial charge in [-0.1, -0.05) is 55.4 Å². The highest BCUT2D eigenvalue weighted by molar-refractivity contribution is 5.75. The Bertz CT molecular complexity index is 470. The summed E-state index contributed by atoms with van der Waals surface area (Å²) in [5, 5.41) is 0. The van der Waals surface area contributed by atoms with Gasteiger partial charge in [-0.2, -0.15) is 0 Å². The van der Waals surface area contributed by atoms with Crippen molar-refractivity contribution in [3.05, 3.63) is 0 Å². The van der Waals surface area contributed by atoms with E-state index in [1.165, 1.54) is 0 Å². The Morgan fingerprint density at radius 3 is 1.27 bits per heavy atom. The maximum absolute atomic E-state index is 12.3. The summed E-state index contributed by atoms with van der Waals surface area (Å²) in [4.78, 5) is 24.7. The van der Waals surface area contributed by atoms with Crippen molar-refractivity contribution in [1.82, 2.24) is 0 Å². The van der Waals surface area contributed by atoms with E-state index in [1.54, 1.807) is 0 Å². The Morgan fingerprint density at radius 2 is 1.00 bits per heavy atom. The third-order valence-electron chi connectivity index (χ3n) is 7.40. The highest BCUT2D eigenvalue weighted by Gasteiger charge is 2.31. The predicted molar refractivity (Wildman–Crippen MR) is 123 cm³/mol. The van der Waals surface area contributed by atoms with Crippen LogP contribution in [0.1, 0.15) is 107 Å². The molecule has 0 N–H and O–H groups in total. The average Bonchev–Trinajstić information content (AvgIpc) is 2.66. The lowest BCUT2D eigenvalue weighted by molar-refractivity contribution is -0.155. The Hall–Kier alpha value is -1.06. The average molecular weight is 425 g/mol. The zero-order valence-corrected chi connectivity index (χ0v) is 21.0. The second-order valence-corrected chi connectivity index (χ2v) is 11.7. The van der Waals surface area contributed by atoms with Crippen molar-refractivity contribution in [3.8, 4) is 0 Å². The van der Waals surface area contributed by atoms with Crippen LogP contribution in [0.25, 0.3) is 0 Å². The van der Waals surface area contributed by atoms with Crippen molar-refractivity contribution < 1.29 is 19.1 Å². The van der Waals surface area contributed by atoms with Gasteiger partial charge in [-0.15, -0.1) is 0 Å². The molecule has 1 aliphatic carbocycles. The van der Waals surface area contributed by atoms with Crippen molar-refractivity contribution in [2.45, 2.75) is 107 Å². The van der Waals surface area contributed by atoms with Crippen LogP contribution in [0.5, 0.6) is 0 Å². The zero-order chi connectivity index (χ0) is 22.9. The second-order valence-electron chi connectivity index (χ2n) is 11.7. The number of esters is 2. The van der Waals surface area contributed by atoms with Gasteiger partial charge < -0.3 is 9.47 Å². The molecule has 0 aliphatic heterocycles. The number of carbonyl (C=O) groups is 2. The normalized spacial score (nSPS) is 22.3. The Morgan fingerprint density at radius 1 is 0.700 bits per heavy atom. The molecule has 2 atom stereocenters. The Balaban J connectivity index is 2.19. The molecular weight excluding hydrogens is 376 g/mol. The number of hydrogen-bond acceptors (Lipinski definition) is 4. The van der Waals surface area contributed by atoms with Crippen molar-refractivity contribution in [2.24, 2.45) is 34.5 Å². The molecule has 2 unspecified atom stereocenters. The van der Waals surface area contributed by atoms with E-state index in [0.29, 0.717) is 35.9 Å². The summed E-state index contributed by atoms with van der Waals surface area (Å²) in [6, 6.07) is 0. The number of ether oxygens (including phenoxy) is 2. The van der Waals surface area contributed by atoms with E-state index in [1.807, 2.05) is 0 Å². The van der Waals surface area contributed by atoms with Gasteiger partial charge >= 0.3 is 11.9 Å². The standard InChI is InChI=1S/C26H48O4/c1-19(25(3,4)5)11-9-17-29-23(27)21-13-15-22(16-14-21)24(28)30-18-10-12-20(2)26(6,7)8/h19-22H,9-18H2,1-8H3. The lowest BCUT2D eigenvalue weighted by Crippen LogP contribution is -2.28. The van der Waals surface area contributed by atoms with Crippen molar-refractivity contribution in [2.75, 3.05) is 13.2 Å². The molecule has 0 heterocycles. The minimum atomic E-state index is -0.0820. The van der Waals surface area contributed by atoms with Gasteiger partial charge in [-0.05, 0) is 74.0 Å². The van der Waals surface area contributed by atoms with Crippen LogP contribution in [-0.4, -0.2) is 25.2 Å². The number of rotatable bonds is 10. The van der Waals surface area contributed by atoms with Crippen LogP contribution in [0, 0.1) is 34.5 Å². The van der Waals surface area contributed by atoms with Crippen LogP contribution in [-0.2, 0) is 19.1 Å². The minimum absolute atomic E-state index is 0.0540. The second kappa shape index (κ2) is 12.1. The summed E-state index contributed by atoms with van der Waals surface area (Å²) >= 11 is 0. The molecule has 0 amide bonds. The third kappa shape index (κ3) is 9.83. The van der Waals surface area contributed by atoms with Gasteiger partial charge in [0.25, 0.3) is 0 Å². The van der Waals surface area contributed by atoms with Gasteiger partial charge in [-0.3, -0.25) is 9.59 Å². The summed E-state index contributed by atoms with van der Waals surface area (Å²) < 4.78 is 11.0. The van der Waals surface area contributed by atoms with Crippen LogP contribution in [0.3, 0.4) is 0 Å². The van der Waals surface area contributed by atoms with E-state index in [-0.39, 0.29) is 23.8 Å². The minimum Gasteiger partial charge on any atom is -0.465 e. The largest absolute Gasteiger partial charge is 0.465 e. The molecule has 4 heteroatoms. The summed E-state index contributed by atoms with van der Waals surface area (Å²) in [5.74, 6) is 0.940. The molecule has 1 aliphatic rings. The molecule has 1 fully saturated rings. The zero-order valence-electron chi connectivity index (χ0n) is 21.0. The van der Waals surface area contributed by atoms with Crippen LogP contribution < -0.4 is 0 Å². The van der Waals surface area contributed by atoms with Crippen molar-refractivity contribution in [3.63, 3.8) is 0 Å². The first kappa shape index (κ1) is 27.0. The topological polar surface area (TPSA) is 52.6 Å². The van der Waals surface area contributed by atoms with E-state index < -0.39 is 0 Å². The van der Waals surface area contributed by atoms with Gasteiger partial charge in [0, 0.05) is 0 Å². The molecule has 176 valence electrons. The van der Waals surface area contributed by atoms with E-state index in [2.05, 4.69) is 55.4 Å². The van der Waals surface area contributed by atoms with E-state index in [4.69, 9.17) is 9.47 Å². The highest BCUT2D eigenvalue weighted by Crippen LogP contribution is 2.32. The van der Waals surface area contributed by atoms with E-state index in [0.717, 1.165) is 51.4 Å². The third-order valence-corrected chi connectivity index (χ3v) is 7.40. The lowest BCUT2D eigenvalue weighted by Gasteiger charge is -2.28. The van der Waals surface area contributed by atoms with Crippen molar-refractivity contribution in [1.29, 1.82) is 0 Å². The molecule has 0 saturated heterocycles. The molecule has 1 saturated carbocycles. The Labute approximate surface area is 185 Å². The Kier molecular flexibility index (Phi) is 10.9. The first-order chi connectivity index (χ1) is 13.8. The fourth-order valence-electron chi connectivity index (χ4n) is 3.79. The molecule has 0 aromatic heterocycles. The summed E-state index contributed by atoms with van der Waals surface area (Å²) in [6.07, 6.45) is 6.92. The first-order valence-corrected chi connectivity index (χ1v) is 12.2. The summed E-state index contributed by atoms with van der Waals surface area (Å²) in [6.45, 7) is 19.0. The maximum Gasteiger partial charge on any atom is 0.308 e. The van der Waals surface area contributed by atoms with E-state index in [9.17, 15) is 9.59 Å². The maximum atomic E-state index is 12.3. The fraction of sp³-hybridized carbons (Fsp3) is 0.923. The van der Waals surface area contributed by atoms with Gasteiger partial charge in [-0.25, -0.2) is 0 Å². The predicted octanol–water partition coefficient (Wildman–Crippen LogP) is 6.80. The van der Waals surface area contributed by atoms with Crippen LogP contribution in [0.2, 0.25) is 0 Å². The fourth-order valence-corrected chi connectivity index (χ4v) is 3.79. The van der Waals surface area contributed by atoms with Gasteiger partial charge in [0.1, 0.15) is 0 Å².